The zero-order chi connectivity index (χ0) is 15.6. The van der Waals surface area contributed by atoms with E-state index in [1.54, 1.807) is 18.2 Å². The minimum Gasteiger partial charge on any atom is -0.438 e. The fraction of sp³-hybridized carbons (Fsp3) is 0.154. The van der Waals surface area contributed by atoms with Crippen LogP contribution in [-0.4, -0.2) is 4.98 Å². The number of hydrogen-bond donors (Lipinski definition) is 2. The number of benzene rings is 1. The predicted molar refractivity (Wildman–Crippen MR) is 76.0 cm³/mol. The highest BCUT2D eigenvalue weighted by Crippen LogP contribution is 2.35. The second-order valence-electron chi connectivity index (χ2n) is 4.26. The van der Waals surface area contributed by atoms with Crippen molar-refractivity contribution >= 4 is 21.7 Å². The fourth-order valence-electron chi connectivity index (χ4n) is 1.60. The van der Waals surface area contributed by atoms with E-state index in [9.17, 15) is 13.2 Å². The maximum Gasteiger partial charge on any atom is 0.416 e. The number of nitrogens with two attached hydrogens (primary N) is 1. The van der Waals surface area contributed by atoms with Crippen LogP contribution in [0.1, 0.15) is 11.1 Å². The average Bonchev–Trinajstić information content (AvgIpc) is 2.40. The Hall–Kier alpha value is -1.80. The van der Waals surface area contributed by atoms with E-state index in [1.165, 1.54) is 0 Å². The molecule has 4 nitrogen and oxygen atoms in total. The van der Waals surface area contributed by atoms with Gasteiger partial charge < -0.3 is 10.2 Å². The molecule has 0 amide bonds. The topological polar surface area (TPSA) is 60.2 Å². The highest BCUT2D eigenvalue weighted by atomic mass is 79.9. The van der Waals surface area contributed by atoms with Gasteiger partial charge in [-0.05, 0) is 46.6 Å². The third-order valence-electron chi connectivity index (χ3n) is 2.58. The zero-order valence-electron chi connectivity index (χ0n) is 10.8. The molecule has 2 rings (SSSR count). The van der Waals surface area contributed by atoms with Gasteiger partial charge in [0.05, 0.1) is 10.0 Å². The van der Waals surface area contributed by atoms with Gasteiger partial charge in [-0.15, -0.1) is 0 Å². The molecular formula is C13H11BrF3N3O. The Morgan fingerprint density at radius 2 is 1.95 bits per heavy atom. The van der Waals surface area contributed by atoms with E-state index in [2.05, 4.69) is 26.3 Å². The summed E-state index contributed by atoms with van der Waals surface area (Å²) in [5, 5.41) is 0. The molecule has 3 N–H and O–H groups in total. The first-order valence-electron chi connectivity index (χ1n) is 5.79. The van der Waals surface area contributed by atoms with Gasteiger partial charge in [0, 0.05) is 6.07 Å². The van der Waals surface area contributed by atoms with E-state index >= 15 is 0 Å². The molecule has 0 aliphatic rings. The molecule has 0 aliphatic heterocycles. The predicted octanol–water partition coefficient (Wildman–Crippen LogP) is 4.25. The van der Waals surface area contributed by atoms with Crippen molar-refractivity contribution in [1.82, 2.24) is 4.98 Å². The van der Waals surface area contributed by atoms with Crippen molar-refractivity contribution in [2.24, 2.45) is 5.84 Å². The number of aryl methyl sites for hydroxylation is 1. The Labute approximate surface area is 127 Å². The molecule has 0 saturated heterocycles. The molecule has 0 atom stereocenters. The largest absolute Gasteiger partial charge is 0.438 e. The van der Waals surface area contributed by atoms with Gasteiger partial charge in [0.1, 0.15) is 11.6 Å². The number of pyridine rings is 1. The van der Waals surface area contributed by atoms with Crippen LogP contribution in [0.3, 0.4) is 0 Å². The number of alkyl halides is 3. The van der Waals surface area contributed by atoms with Gasteiger partial charge in [-0.1, -0.05) is 6.07 Å². The first-order valence-corrected chi connectivity index (χ1v) is 6.59. The fourth-order valence-corrected chi connectivity index (χ4v) is 2.17. The van der Waals surface area contributed by atoms with Gasteiger partial charge in [-0.2, -0.15) is 18.2 Å². The SMILES string of the molecule is Cc1ccc(Oc2cc(C(F)(F)F)cc(NN)n2)c(Br)c1. The molecule has 1 aromatic carbocycles. The van der Waals surface area contributed by atoms with Crippen LogP contribution in [0.25, 0.3) is 0 Å². The van der Waals surface area contributed by atoms with Gasteiger partial charge in [-0.3, -0.25) is 0 Å². The summed E-state index contributed by atoms with van der Waals surface area (Å²) < 4.78 is 44.4. The van der Waals surface area contributed by atoms with E-state index in [-0.39, 0.29) is 11.7 Å². The standard InChI is InChI=1S/C13H11BrF3N3O/c1-7-2-3-10(9(14)4-7)21-12-6-8(13(15,16)17)5-11(19-12)20-18/h2-6H,18H2,1H3,(H,19,20). The highest BCUT2D eigenvalue weighted by molar-refractivity contribution is 9.10. The summed E-state index contributed by atoms with van der Waals surface area (Å²) in [7, 11) is 0. The lowest BCUT2D eigenvalue weighted by molar-refractivity contribution is -0.137. The second kappa shape index (κ2) is 5.90. The zero-order valence-corrected chi connectivity index (χ0v) is 12.4. The van der Waals surface area contributed by atoms with Crippen molar-refractivity contribution in [2.45, 2.75) is 13.1 Å². The summed E-state index contributed by atoms with van der Waals surface area (Å²) in [4.78, 5) is 3.85. The normalized spacial score (nSPS) is 11.3. The van der Waals surface area contributed by atoms with Gasteiger partial charge in [-0.25, -0.2) is 5.84 Å². The van der Waals surface area contributed by atoms with E-state index in [0.717, 1.165) is 17.7 Å². The van der Waals surface area contributed by atoms with Crippen molar-refractivity contribution in [3.8, 4) is 11.6 Å². The molecule has 0 aliphatic carbocycles. The third-order valence-corrected chi connectivity index (χ3v) is 3.20. The van der Waals surface area contributed by atoms with Crippen molar-refractivity contribution < 1.29 is 17.9 Å². The van der Waals surface area contributed by atoms with Crippen LogP contribution in [0.5, 0.6) is 11.6 Å². The molecule has 1 aromatic heterocycles. The summed E-state index contributed by atoms with van der Waals surface area (Å²) in [6.45, 7) is 1.88. The minimum absolute atomic E-state index is 0.136. The van der Waals surface area contributed by atoms with Crippen LogP contribution in [0.4, 0.5) is 19.0 Å². The van der Waals surface area contributed by atoms with Crippen LogP contribution in [0.15, 0.2) is 34.8 Å². The van der Waals surface area contributed by atoms with Gasteiger partial charge in [0.15, 0.2) is 0 Å². The Morgan fingerprint density at radius 3 is 2.52 bits per heavy atom. The van der Waals surface area contributed by atoms with Crippen LogP contribution >= 0.6 is 15.9 Å². The van der Waals surface area contributed by atoms with Gasteiger partial charge in [0.2, 0.25) is 5.88 Å². The molecule has 21 heavy (non-hydrogen) atoms. The number of nitrogen functional groups attached to an aromatic ring is 1. The smallest absolute Gasteiger partial charge is 0.416 e. The Bertz CT molecular complexity index is 662. The lowest BCUT2D eigenvalue weighted by Crippen LogP contribution is -2.12. The number of nitrogens with zero attached hydrogens (tertiary/aromatic N) is 1. The number of anilines is 1. The summed E-state index contributed by atoms with van der Waals surface area (Å²) in [6, 6.07) is 6.81. The molecule has 2 aromatic rings. The maximum atomic E-state index is 12.8. The molecule has 0 spiro atoms. The molecule has 0 unspecified atom stereocenters. The quantitative estimate of drug-likeness (QED) is 0.633. The van der Waals surface area contributed by atoms with E-state index in [4.69, 9.17) is 10.6 Å². The lowest BCUT2D eigenvalue weighted by atomic mass is 10.2. The number of rotatable bonds is 3. The van der Waals surface area contributed by atoms with Gasteiger partial charge in [0.25, 0.3) is 0 Å². The number of hydrazine groups is 1. The average molecular weight is 362 g/mol. The van der Waals surface area contributed by atoms with Crippen molar-refractivity contribution in [2.75, 3.05) is 5.43 Å². The molecule has 112 valence electrons. The first-order chi connectivity index (χ1) is 9.79. The second-order valence-corrected chi connectivity index (χ2v) is 5.11. The number of halogens is 4. The third kappa shape index (κ3) is 3.85. The number of hydrogen-bond acceptors (Lipinski definition) is 4. The maximum absolute atomic E-state index is 12.8. The Balaban J connectivity index is 2.39. The number of nitrogens with one attached hydrogen (secondary N) is 1. The van der Waals surface area contributed by atoms with E-state index in [0.29, 0.717) is 10.2 Å². The van der Waals surface area contributed by atoms with Crippen molar-refractivity contribution in [3.63, 3.8) is 0 Å². The summed E-state index contributed by atoms with van der Waals surface area (Å²) in [5.74, 6) is 5.14. The number of ether oxygens (including phenoxy) is 1. The lowest BCUT2D eigenvalue weighted by Gasteiger charge is -2.12. The van der Waals surface area contributed by atoms with Crippen LogP contribution in [0.2, 0.25) is 0 Å². The number of aromatic nitrogens is 1. The van der Waals surface area contributed by atoms with Gasteiger partial charge >= 0.3 is 6.18 Å². The molecule has 0 saturated carbocycles. The first kappa shape index (κ1) is 15.6. The van der Waals surface area contributed by atoms with Crippen molar-refractivity contribution in [3.05, 3.63) is 45.9 Å². The Kier molecular flexibility index (Phi) is 4.38. The molecule has 1 heterocycles. The highest BCUT2D eigenvalue weighted by Gasteiger charge is 2.32. The van der Waals surface area contributed by atoms with E-state index < -0.39 is 11.7 Å². The minimum atomic E-state index is -4.52. The monoisotopic (exact) mass is 361 g/mol. The Morgan fingerprint density at radius 1 is 1.24 bits per heavy atom. The van der Waals surface area contributed by atoms with Crippen molar-refractivity contribution in [1.29, 1.82) is 0 Å². The summed E-state index contributed by atoms with van der Waals surface area (Å²) >= 11 is 3.28. The van der Waals surface area contributed by atoms with Crippen LogP contribution < -0.4 is 16.0 Å². The molecule has 0 fully saturated rings. The summed E-state index contributed by atoms with van der Waals surface area (Å²) in [6.07, 6.45) is -4.52. The summed E-state index contributed by atoms with van der Waals surface area (Å²) in [5.41, 5.74) is 2.17. The van der Waals surface area contributed by atoms with Crippen LogP contribution in [0, 0.1) is 6.92 Å². The molecule has 8 heteroatoms. The molecule has 0 bridgehead atoms. The van der Waals surface area contributed by atoms with E-state index in [1.807, 2.05) is 6.92 Å². The molecule has 0 radical (unpaired) electrons. The van der Waals surface area contributed by atoms with Crippen LogP contribution in [-0.2, 0) is 6.18 Å². The molecular weight excluding hydrogens is 351 g/mol.